The molecule has 2 rings (SSSR count). The van der Waals surface area contributed by atoms with Gasteiger partial charge in [-0.2, -0.15) is 0 Å². The molecule has 1 unspecified atom stereocenters. The first-order chi connectivity index (χ1) is 9.24. The van der Waals surface area contributed by atoms with E-state index in [9.17, 15) is 0 Å². The molecule has 1 aromatic heterocycles. The Bertz CT molecular complexity index is 377. The Hall–Kier alpha value is -1.13. The smallest absolute Gasteiger partial charge is 0.0572 e. The minimum atomic E-state index is 0.0524. The van der Waals surface area contributed by atoms with Crippen molar-refractivity contribution >= 4 is 5.69 Å². The molecule has 0 aromatic carbocycles. The van der Waals surface area contributed by atoms with Crippen LogP contribution in [0.1, 0.15) is 37.9 Å². The molecule has 0 radical (unpaired) electrons. The number of pyridine rings is 1. The van der Waals surface area contributed by atoms with Crippen molar-refractivity contribution in [3.8, 4) is 0 Å². The standard InChI is InChI=1S/C15H25N3O/c1-3-14(16)15-7-6-13(9-17-15)18-8-4-5-12(10-18)11-19-2/h6-7,9,12,14H,3-5,8,10-11,16H2,1-2H3/t12?,14-/m1/s1. The van der Waals surface area contributed by atoms with Gasteiger partial charge in [-0.15, -0.1) is 0 Å². The SMILES string of the molecule is CC[C@@H](N)c1ccc(N2CCCC(COC)C2)cn1. The number of hydrogen-bond donors (Lipinski definition) is 1. The lowest BCUT2D eigenvalue weighted by Gasteiger charge is -2.34. The lowest BCUT2D eigenvalue weighted by molar-refractivity contribution is 0.143. The first-order valence-corrected chi connectivity index (χ1v) is 7.20. The van der Waals surface area contributed by atoms with Crippen molar-refractivity contribution < 1.29 is 4.74 Å². The van der Waals surface area contributed by atoms with Crippen LogP contribution in [0.2, 0.25) is 0 Å². The lowest BCUT2D eigenvalue weighted by atomic mass is 9.98. The average molecular weight is 263 g/mol. The maximum Gasteiger partial charge on any atom is 0.0572 e. The molecule has 1 aliphatic rings. The second-order valence-electron chi connectivity index (χ2n) is 5.37. The van der Waals surface area contributed by atoms with Crippen molar-refractivity contribution in [2.75, 3.05) is 31.7 Å². The van der Waals surface area contributed by atoms with E-state index >= 15 is 0 Å². The van der Waals surface area contributed by atoms with Gasteiger partial charge >= 0.3 is 0 Å². The van der Waals surface area contributed by atoms with Crippen LogP contribution in [0.15, 0.2) is 18.3 Å². The zero-order valence-corrected chi connectivity index (χ0v) is 12.0. The Labute approximate surface area is 116 Å². The van der Waals surface area contributed by atoms with Gasteiger partial charge in [0.25, 0.3) is 0 Å². The number of aromatic nitrogens is 1. The van der Waals surface area contributed by atoms with E-state index in [1.54, 1.807) is 7.11 Å². The van der Waals surface area contributed by atoms with Crippen LogP contribution in [-0.4, -0.2) is 31.8 Å². The van der Waals surface area contributed by atoms with Crippen LogP contribution in [0, 0.1) is 5.92 Å². The molecule has 0 bridgehead atoms. The largest absolute Gasteiger partial charge is 0.384 e. The maximum atomic E-state index is 5.99. The molecule has 0 saturated carbocycles. The molecular weight excluding hydrogens is 238 g/mol. The summed E-state index contributed by atoms with van der Waals surface area (Å²) in [6.45, 7) is 5.11. The zero-order valence-electron chi connectivity index (χ0n) is 12.0. The van der Waals surface area contributed by atoms with E-state index in [0.717, 1.165) is 31.8 Å². The molecular formula is C15H25N3O. The molecule has 2 heterocycles. The maximum absolute atomic E-state index is 5.99. The summed E-state index contributed by atoms with van der Waals surface area (Å²) in [4.78, 5) is 6.90. The predicted molar refractivity (Wildman–Crippen MR) is 78.3 cm³/mol. The van der Waals surface area contributed by atoms with Gasteiger partial charge in [0.2, 0.25) is 0 Å². The molecule has 1 aliphatic heterocycles. The van der Waals surface area contributed by atoms with Crippen molar-refractivity contribution in [3.63, 3.8) is 0 Å². The van der Waals surface area contributed by atoms with Crippen LogP contribution in [0.5, 0.6) is 0 Å². The lowest BCUT2D eigenvalue weighted by Crippen LogP contribution is -2.37. The van der Waals surface area contributed by atoms with Gasteiger partial charge in [0.1, 0.15) is 0 Å². The molecule has 1 fully saturated rings. The Morgan fingerprint density at radius 3 is 3.00 bits per heavy atom. The van der Waals surface area contributed by atoms with E-state index in [4.69, 9.17) is 10.5 Å². The van der Waals surface area contributed by atoms with Crippen molar-refractivity contribution in [1.29, 1.82) is 0 Å². The molecule has 2 N–H and O–H groups in total. The van der Waals surface area contributed by atoms with Crippen LogP contribution < -0.4 is 10.6 Å². The summed E-state index contributed by atoms with van der Waals surface area (Å²) >= 11 is 0. The zero-order chi connectivity index (χ0) is 13.7. The summed E-state index contributed by atoms with van der Waals surface area (Å²) in [5.74, 6) is 0.635. The number of rotatable bonds is 5. The topological polar surface area (TPSA) is 51.4 Å². The minimum Gasteiger partial charge on any atom is -0.384 e. The summed E-state index contributed by atoms with van der Waals surface area (Å²) in [5, 5.41) is 0. The molecule has 1 aromatic rings. The van der Waals surface area contributed by atoms with E-state index in [1.807, 2.05) is 6.20 Å². The predicted octanol–water partition coefficient (Wildman–Crippen LogP) is 2.35. The third-order valence-electron chi connectivity index (χ3n) is 3.88. The van der Waals surface area contributed by atoms with Gasteiger partial charge in [-0.3, -0.25) is 4.98 Å². The van der Waals surface area contributed by atoms with E-state index in [2.05, 4.69) is 28.9 Å². The molecule has 0 amide bonds. The quantitative estimate of drug-likeness (QED) is 0.886. The highest BCUT2D eigenvalue weighted by Gasteiger charge is 2.20. The van der Waals surface area contributed by atoms with E-state index in [0.29, 0.717) is 5.92 Å². The van der Waals surface area contributed by atoms with E-state index < -0.39 is 0 Å². The van der Waals surface area contributed by atoms with Crippen LogP contribution in [-0.2, 0) is 4.74 Å². The number of nitrogens with two attached hydrogens (primary N) is 1. The Balaban J connectivity index is 2.01. The summed E-state index contributed by atoms with van der Waals surface area (Å²) < 4.78 is 5.27. The average Bonchev–Trinajstić information content (AvgIpc) is 2.47. The van der Waals surface area contributed by atoms with E-state index in [1.165, 1.54) is 18.5 Å². The Kier molecular flexibility index (Phi) is 5.16. The van der Waals surface area contributed by atoms with Crippen molar-refractivity contribution in [3.05, 3.63) is 24.0 Å². The van der Waals surface area contributed by atoms with Gasteiger partial charge in [-0.05, 0) is 37.3 Å². The van der Waals surface area contributed by atoms with Gasteiger partial charge < -0.3 is 15.4 Å². The fraction of sp³-hybridized carbons (Fsp3) is 0.667. The highest BCUT2D eigenvalue weighted by atomic mass is 16.5. The van der Waals surface area contributed by atoms with Gasteiger partial charge in [-0.1, -0.05) is 6.92 Å². The molecule has 4 heteroatoms. The Morgan fingerprint density at radius 2 is 2.37 bits per heavy atom. The van der Waals surface area contributed by atoms with Crippen LogP contribution in [0.25, 0.3) is 0 Å². The van der Waals surface area contributed by atoms with Gasteiger partial charge in [0.05, 0.1) is 24.2 Å². The minimum absolute atomic E-state index is 0.0524. The number of ether oxygens (including phenoxy) is 1. The molecule has 0 spiro atoms. The second-order valence-corrected chi connectivity index (χ2v) is 5.37. The fourth-order valence-electron chi connectivity index (χ4n) is 2.68. The van der Waals surface area contributed by atoms with Crippen LogP contribution >= 0.6 is 0 Å². The Morgan fingerprint density at radius 1 is 1.53 bits per heavy atom. The normalized spacial score (nSPS) is 21.4. The highest BCUT2D eigenvalue weighted by molar-refractivity contribution is 5.45. The van der Waals surface area contributed by atoms with Crippen molar-refractivity contribution in [2.24, 2.45) is 11.7 Å². The number of anilines is 1. The number of hydrogen-bond acceptors (Lipinski definition) is 4. The highest BCUT2D eigenvalue weighted by Crippen LogP contribution is 2.23. The molecule has 2 atom stereocenters. The molecule has 19 heavy (non-hydrogen) atoms. The second kappa shape index (κ2) is 6.87. The molecule has 106 valence electrons. The summed E-state index contributed by atoms with van der Waals surface area (Å²) in [5.41, 5.74) is 8.18. The molecule has 4 nitrogen and oxygen atoms in total. The summed E-state index contributed by atoms with van der Waals surface area (Å²) in [6.07, 6.45) is 5.37. The van der Waals surface area contributed by atoms with Gasteiger partial charge in [0, 0.05) is 26.2 Å². The fourth-order valence-corrected chi connectivity index (χ4v) is 2.68. The van der Waals surface area contributed by atoms with Crippen LogP contribution in [0.4, 0.5) is 5.69 Å². The third kappa shape index (κ3) is 3.67. The summed E-state index contributed by atoms with van der Waals surface area (Å²) in [6, 6.07) is 4.26. The van der Waals surface area contributed by atoms with Crippen molar-refractivity contribution in [2.45, 2.75) is 32.2 Å². The van der Waals surface area contributed by atoms with Crippen molar-refractivity contribution in [1.82, 2.24) is 4.98 Å². The molecule has 1 saturated heterocycles. The third-order valence-corrected chi connectivity index (χ3v) is 3.88. The van der Waals surface area contributed by atoms with Gasteiger partial charge in [-0.25, -0.2) is 0 Å². The van der Waals surface area contributed by atoms with Crippen LogP contribution in [0.3, 0.4) is 0 Å². The molecule has 0 aliphatic carbocycles. The number of methoxy groups -OCH3 is 1. The summed E-state index contributed by atoms with van der Waals surface area (Å²) in [7, 11) is 1.78. The van der Waals surface area contributed by atoms with Gasteiger partial charge in [0.15, 0.2) is 0 Å². The monoisotopic (exact) mass is 263 g/mol. The first-order valence-electron chi connectivity index (χ1n) is 7.20. The number of nitrogens with zero attached hydrogens (tertiary/aromatic N) is 2. The number of piperidine rings is 1. The van der Waals surface area contributed by atoms with E-state index in [-0.39, 0.29) is 6.04 Å². The first kappa shape index (κ1) is 14.3.